The van der Waals surface area contributed by atoms with E-state index in [1.54, 1.807) is 7.11 Å². The van der Waals surface area contributed by atoms with Crippen LogP contribution in [0.1, 0.15) is 50.8 Å². The van der Waals surface area contributed by atoms with Gasteiger partial charge in [0.25, 0.3) is 0 Å². The Morgan fingerprint density at radius 3 is 2.37 bits per heavy atom. The Labute approximate surface area is 116 Å². The molecule has 0 bridgehead atoms. The van der Waals surface area contributed by atoms with E-state index >= 15 is 0 Å². The Kier molecular flexibility index (Phi) is 3.88. The summed E-state index contributed by atoms with van der Waals surface area (Å²) in [4.78, 5) is 0. The number of hydrogen-bond donors (Lipinski definition) is 2. The van der Waals surface area contributed by atoms with Crippen LogP contribution in [0.25, 0.3) is 0 Å². The summed E-state index contributed by atoms with van der Waals surface area (Å²) in [5, 5.41) is 0. The van der Waals surface area contributed by atoms with Gasteiger partial charge < -0.3 is 16.2 Å². The fourth-order valence-corrected chi connectivity index (χ4v) is 2.79. The van der Waals surface area contributed by atoms with E-state index in [4.69, 9.17) is 16.2 Å². The third-order valence-corrected chi connectivity index (χ3v) is 4.14. The van der Waals surface area contributed by atoms with Crippen LogP contribution >= 0.6 is 0 Å². The summed E-state index contributed by atoms with van der Waals surface area (Å²) in [5.74, 6) is 1.46. The van der Waals surface area contributed by atoms with E-state index in [-0.39, 0.29) is 11.5 Å². The zero-order chi connectivity index (χ0) is 14.2. The van der Waals surface area contributed by atoms with Crippen LogP contribution < -0.4 is 16.2 Å². The Hall–Kier alpha value is -1.06. The number of nitrogens with two attached hydrogens (primary N) is 2. The molecule has 0 aliphatic heterocycles. The maximum atomic E-state index is 6.37. The van der Waals surface area contributed by atoms with Gasteiger partial charge in [0.2, 0.25) is 0 Å². The molecule has 0 spiro atoms. The lowest BCUT2D eigenvalue weighted by molar-refractivity contribution is 0.223. The molecule has 1 fully saturated rings. The zero-order valence-corrected chi connectivity index (χ0v) is 12.4. The lowest BCUT2D eigenvalue weighted by atomic mass is 9.73. The quantitative estimate of drug-likeness (QED) is 0.880. The van der Waals surface area contributed by atoms with Crippen molar-refractivity contribution in [3.8, 4) is 5.75 Å². The van der Waals surface area contributed by atoms with Gasteiger partial charge in [0.15, 0.2) is 0 Å². The first-order valence-electron chi connectivity index (χ1n) is 7.02. The number of benzene rings is 1. The lowest BCUT2D eigenvalue weighted by Gasteiger charge is -2.37. The largest absolute Gasteiger partial charge is 0.496 e. The van der Waals surface area contributed by atoms with E-state index in [0.29, 0.717) is 12.0 Å². The van der Waals surface area contributed by atoms with Gasteiger partial charge in [-0.05, 0) is 41.4 Å². The summed E-state index contributed by atoms with van der Waals surface area (Å²) in [7, 11) is 1.72. The van der Waals surface area contributed by atoms with Crippen molar-refractivity contribution in [2.24, 2.45) is 17.4 Å². The highest BCUT2D eigenvalue weighted by molar-refractivity contribution is 5.42. The SMILES string of the molecule is COc1ccc(C(N)C2CC(N)C2)cc1C(C)(C)C. The monoisotopic (exact) mass is 262 g/mol. The Bertz CT molecular complexity index is 445. The summed E-state index contributed by atoms with van der Waals surface area (Å²) in [6.07, 6.45) is 2.08. The van der Waals surface area contributed by atoms with Crippen LogP contribution in [0.15, 0.2) is 18.2 Å². The minimum atomic E-state index is 0.0527. The first-order valence-corrected chi connectivity index (χ1v) is 7.02. The van der Waals surface area contributed by atoms with Crippen LogP contribution in [0.2, 0.25) is 0 Å². The molecule has 1 aliphatic carbocycles. The van der Waals surface area contributed by atoms with E-state index in [2.05, 4.69) is 32.9 Å². The average molecular weight is 262 g/mol. The average Bonchev–Trinajstić information content (AvgIpc) is 2.32. The van der Waals surface area contributed by atoms with Gasteiger partial charge in [0.1, 0.15) is 5.75 Å². The molecule has 3 nitrogen and oxygen atoms in total. The molecule has 4 N–H and O–H groups in total. The maximum absolute atomic E-state index is 6.37. The summed E-state index contributed by atoms with van der Waals surface area (Å²) < 4.78 is 5.46. The summed E-state index contributed by atoms with van der Waals surface area (Å²) in [6.45, 7) is 6.58. The van der Waals surface area contributed by atoms with Gasteiger partial charge in [-0.15, -0.1) is 0 Å². The van der Waals surface area contributed by atoms with Crippen LogP contribution in [0, 0.1) is 5.92 Å². The molecule has 19 heavy (non-hydrogen) atoms. The van der Waals surface area contributed by atoms with Gasteiger partial charge >= 0.3 is 0 Å². The smallest absolute Gasteiger partial charge is 0.122 e. The van der Waals surface area contributed by atoms with Crippen molar-refractivity contribution in [1.29, 1.82) is 0 Å². The molecule has 106 valence electrons. The lowest BCUT2D eigenvalue weighted by Crippen LogP contribution is -2.41. The molecule has 2 rings (SSSR count). The second-order valence-electron chi connectivity index (χ2n) is 6.73. The molecule has 0 amide bonds. The molecule has 0 saturated heterocycles. The van der Waals surface area contributed by atoms with Gasteiger partial charge in [-0.25, -0.2) is 0 Å². The Balaban J connectivity index is 2.27. The van der Waals surface area contributed by atoms with Crippen LogP contribution in [0.4, 0.5) is 0 Å². The number of methoxy groups -OCH3 is 1. The molecule has 1 unspecified atom stereocenters. The van der Waals surface area contributed by atoms with E-state index in [1.807, 2.05) is 6.07 Å². The van der Waals surface area contributed by atoms with Crippen molar-refractivity contribution in [3.05, 3.63) is 29.3 Å². The van der Waals surface area contributed by atoms with Crippen molar-refractivity contribution in [1.82, 2.24) is 0 Å². The van der Waals surface area contributed by atoms with Crippen LogP contribution in [-0.4, -0.2) is 13.2 Å². The van der Waals surface area contributed by atoms with Crippen molar-refractivity contribution in [3.63, 3.8) is 0 Å². The fraction of sp³-hybridized carbons (Fsp3) is 0.625. The molecule has 1 saturated carbocycles. The minimum absolute atomic E-state index is 0.0527. The first kappa shape index (κ1) is 14.4. The zero-order valence-electron chi connectivity index (χ0n) is 12.4. The maximum Gasteiger partial charge on any atom is 0.122 e. The minimum Gasteiger partial charge on any atom is -0.496 e. The Morgan fingerprint density at radius 1 is 1.26 bits per heavy atom. The Morgan fingerprint density at radius 2 is 1.89 bits per heavy atom. The van der Waals surface area contributed by atoms with Gasteiger partial charge in [0.05, 0.1) is 7.11 Å². The van der Waals surface area contributed by atoms with E-state index in [0.717, 1.165) is 18.6 Å². The third kappa shape index (κ3) is 2.93. The molecule has 1 aromatic carbocycles. The molecule has 0 radical (unpaired) electrons. The van der Waals surface area contributed by atoms with Crippen molar-refractivity contribution < 1.29 is 4.74 Å². The predicted octanol–water partition coefficient (Wildman–Crippen LogP) is 2.73. The third-order valence-electron chi connectivity index (χ3n) is 4.14. The standard InChI is InChI=1S/C16H26N2O/c1-16(2,3)13-9-10(5-6-14(13)19-4)15(18)11-7-12(17)8-11/h5-6,9,11-12,15H,7-8,17-18H2,1-4H3. The molecular weight excluding hydrogens is 236 g/mol. The molecular formula is C16H26N2O. The second kappa shape index (κ2) is 5.14. The number of hydrogen-bond acceptors (Lipinski definition) is 3. The van der Waals surface area contributed by atoms with E-state index in [9.17, 15) is 0 Å². The highest BCUT2D eigenvalue weighted by Crippen LogP contribution is 2.38. The highest BCUT2D eigenvalue weighted by atomic mass is 16.5. The predicted molar refractivity (Wildman–Crippen MR) is 79.3 cm³/mol. The van der Waals surface area contributed by atoms with E-state index in [1.165, 1.54) is 11.1 Å². The second-order valence-corrected chi connectivity index (χ2v) is 6.73. The molecule has 3 heteroatoms. The van der Waals surface area contributed by atoms with Crippen LogP contribution in [0.3, 0.4) is 0 Å². The molecule has 1 aliphatic rings. The normalized spacial score (nSPS) is 24.7. The van der Waals surface area contributed by atoms with Gasteiger partial charge in [0, 0.05) is 12.1 Å². The molecule has 0 aromatic heterocycles. The van der Waals surface area contributed by atoms with Crippen molar-refractivity contribution in [2.45, 2.75) is 51.1 Å². The van der Waals surface area contributed by atoms with Gasteiger partial charge in [-0.3, -0.25) is 0 Å². The summed E-state index contributed by atoms with van der Waals surface area (Å²) in [5.41, 5.74) is 14.7. The van der Waals surface area contributed by atoms with Crippen molar-refractivity contribution in [2.75, 3.05) is 7.11 Å². The molecule has 1 aromatic rings. The topological polar surface area (TPSA) is 61.3 Å². The molecule has 0 heterocycles. The van der Waals surface area contributed by atoms with Gasteiger partial charge in [-0.2, -0.15) is 0 Å². The highest BCUT2D eigenvalue weighted by Gasteiger charge is 2.32. The van der Waals surface area contributed by atoms with Crippen LogP contribution in [-0.2, 0) is 5.41 Å². The molecule has 1 atom stereocenters. The summed E-state index contributed by atoms with van der Waals surface area (Å²) >= 11 is 0. The summed E-state index contributed by atoms with van der Waals surface area (Å²) in [6, 6.07) is 6.76. The number of ether oxygens (including phenoxy) is 1. The fourth-order valence-electron chi connectivity index (χ4n) is 2.79. The van der Waals surface area contributed by atoms with Gasteiger partial charge in [-0.1, -0.05) is 32.9 Å². The van der Waals surface area contributed by atoms with Crippen LogP contribution in [0.5, 0.6) is 5.75 Å². The number of rotatable bonds is 3. The first-order chi connectivity index (χ1) is 8.82. The van der Waals surface area contributed by atoms with Crippen molar-refractivity contribution >= 4 is 0 Å². The van der Waals surface area contributed by atoms with E-state index < -0.39 is 0 Å².